The van der Waals surface area contributed by atoms with E-state index in [0.29, 0.717) is 19.4 Å². The molecular formula is C27H32N2O5. The molecule has 1 fully saturated rings. The highest BCUT2D eigenvalue weighted by Crippen LogP contribution is 2.44. The summed E-state index contributed by atoms with van der Waals surface area (Å²) in [6, 6.07) is 15.7. The molecule has 7 heteroatoms. The van der Waals surface area contributed by atoms with Crippen LogP contribution in [-0.4, -0.2) is 53.2 Å². The lowest BCUT2D eigenvalue weighted by Gasteiger charge is -2.26. The molecule has 2 aromatic carbocycles. The molecule has 2 atom stereocenters. The smallest absolute Gasteiger partial charge is 0.407 e. The molecule has 2 N–H and O–H groups in total. The summed E-state index contributed by atoms with van der Waals surface area (Å²) in [5, 5.41) is 12.0. The third kappa shape index (κ3) is 5.24. The number of alkyl carbamates (subject to hydrolysis) is 1. The van der Waals surface area contributed by atoms with Gasteiger partial charge in [0.15, 0.2) is 0 Å². The fourth-order valence-corrected chi connectivity index (χ4v) is 5.29. The van der Waals surface area contributed by atoms with Gasteiger partial charge in [0.1, 0.15) is 6.61 Å². The summed E-state index contributed by atoms with van der Waals surface area (Å²) in [5.41, 5.74) is 4.64. The van der Waals surface area contributed by atoms with Gasteiger partial charge in [0, 0.05) is 31.0 Å². The molecule has 2 amide bonds. The van der Waals surface area contributed by atoms with Gasteiger partial charge >= 0.3 is 12.1 Å². The highest BCUT2D eigenvalue weighted by atomic mass is 16.5. The largest absolute Gasteiger partial charge is 0.481 e. The summed E-state index contributed by atoms with van der Waals surface area (Å²) in [6.07, 6.45) is 2.54. The maximum Gasteiger partial charge on any atom is 0.407 e. The Labute approximate surface area is 200 Å². The zero-order valence-corrected chi connectivity index (χ0v) is 19.5. The lowest BCUT2D eigenvalue weighted by Crippen LogP contribution is -2.43. The first-order chi connectivity index (χ1) is 16.5. The SMILES string of the molecule is CCC[C@@H](CC(=O)N1CCC[C@H]1CC(=O)O)NC(=O)OCC1c2ccccc2-c2ccccc21. The van der Waals surface area contributed by atoms with E-state index in [9.17, 15) is 14.4 Å². The molecule has 0 spiro atoms. The lowest BCUT2D eigenvalue weighted by molar-refractivity contribution is -0.140. The minimum absolute atomic E-state index is 0.0224. The van der Waals surface area contributed by atoms with Crippen molar-refractivity contribution in [3.8, 4) is 11.1 Å². The third-order valence-electron chi connectivity index (χ3n) is 6.83. The number of carboxylic acids is 1. The maximum absolute atomic E-state index is 12.9. The molecule has 180 valence electrons. The Bertz CT molecular complexity index is 1010. The molecule has 1 saturated heterocycles. The quantitative estimate of drug-likeness (QED) is 0.568. The number of amides is 2. The zero-order chi connectivity index (χ0) is 24.1. The molecule has 2 aliphatic rings. The fraction of sp³-hybridized carbons (Fsp3) is 0.444. The molecule has 0 radical (unpaired) electrons. The average Bonchev–Trinajstić information content (AvgIpc) is 3.40. The molecule has 0 bridgehead atoms. The third-order valence-corrected chi connectivity index (χ3v) is 6.83. The molecule has 1 aliphatic heterocycles. The van der Waals surface area contributed by atoms with Crippen molar-refractivity contribution in [3.05, 3.63) is 59.7 Å². The van der Waals surface area contributed by atoms with Gasteiger partial charge in [-0.1, -0.05) is 61.9 Å². The number of carboxylic acid groups (broad SMARTS) is 1. The molecule has 0 saturated carbocycles. The summed E-state index contributed by atoms with van der Waals surface area (Å²) in [4.78, 5) is 38.4. The van der Waals surface area contributed by atoms with E-state index in [2.05, 4.69) is 29.6 Å². The predicted octanol–water partition coefficient (Wildman–Crippen LogP) is 4.55. The van der Waals surface area contributed by atoms with Gasteiger partial charge in [0.2, 0.25) is 5.91 Å². The number of hydrogen-bond acceptors (Lipinski definition) is 4. The van der Waals surface area contributed by atoms with Gasteiger partial charge in [-0.3, -0.25) is 9.59 Å². The van der Waals surface area contributed by atoms with Gasteiger partial charge < -0.3 is 20.1 Å². The highest BCUT2D eigenvalue weighted by Gasteiger charge is 2.32. The van der Waals surface area contributed by atoms with Crippen molar-refractivity contribution in [3.63, 3.8) is 0 Å². The van der Waals surface area contributed by atoms with Crippen LogP contribution in [0.3, 0.4) is 0 Å². The standard InChI is InChI=1S/C27H32N2O5/c1-2-8-18(15-25(30)29-14-7-9-19(29)16-26(31)32)28-27(33)34-17-24-22-12-5-3-10-20(22)21-11-4-6-13-23(21)24/h3-6,10-13,18-19,24H,2,7-9,14-17H2,1H3,(H,28,33)(H,31,32)/t18-,19-/m0/s1. The number of ether oxygens (including phenoxy) is 1. The lowest BCUT2D eigenvalue weighted by atomic mass is 9.98. The number of aliphatic carboxylic acids is 1. The van der Waals surface area contributed by atoms with Crippen LogP contribution in [0.25, 0.3) is 11.1 Å². The zero-order valence-electron chi connectivity index (χ0n) is 19.5. The monoisotopic (exact) mass is 464 g/mol. The van der Waals surface area contributed by atoms with Crippen LogP contribution < -0.4 is 5.32 Å². The molecule has 1 aliphatic carbocycles. The van der Waals surface area contributed by atoms with Crippen LogP contribution in [0.1, 0.15) is 62.5 Å². The number of carbonyl (C=O) groups excluding carboxylic acids is 2. The van der Waals surface area contributed by atoms with Crippen molar-refractivity contribution in [1.29, 1.82) is 0 Å². The molecule has 1 heterocycles. The minimum atomic E-state index is -0.897. The number of hydrogen-bond donors (Lipinski definition) is 2. The minimum Gasteiger partial charge on any atom is -0.481 e. The van der Waals surface area contributed by atoms with Crippen LogP contribution in [0.2, 0.25) is 0 Å². The van der Waals surface area contributed by atoms with Gasteiger partial charge in [-0.05, 0) is 41.5 Å². The Morgan fingerprint density at radius 2 is 1.74 bits per heavy atom. The van der Waals surface area contributed by atoms with Crippen LogP contribution in [0.15, 0.2) is 48.5 Å². The first-order valence-electron chi connectivity index (χ1n) is 12.1. The number of benzene rings is 2. The number of carbonyl (C=O) groups is 3. The van der Waals surface area contributed by atoms with E-state index in [0.717, 1.165) is 24.0 Å². The van der Waals surface area contributed by atoms with E-state index in [1.54, 1.807) is 4.90 Å². The van der Waals surface area contributed by atoms with Gasteiger partial charge in [-0.15, -0.1) is 0 Å². The number of likely N-dealkylation sites (tertiary alicyclic amines) is 1. The van der Waals surface area contributed by atoms with Gasteiger partial charge in [-0.2, -0.15) is 0 Å². The molecule has 0 aromatic heterocycles. The molecule has 2 aromatic rings. The number of nitrogens with zero attached hydrogens (tertiary/aromatic N) is 1. The Balaban J connectivity index is 1.36. The second-order valence-electron chi connectivity index (χ2n) is 9.14. The Morgan fingerprint density at radius 1 is 1.09 bits per heavy atom. The Morgan fingerprint density at radius 3 is 2.35 bits per heavy atom. The van der Waals surface area contributed by atoms with Crippen LogP contribution in [-0.2, 0) is 14.3 Å². The van der Waals surface area contributed by atoms with E-state index in [1.165, 1.54) is 11.1 Å². The summed E-state index contributed by atoms with van der Waals surface area (Å²) in [7, 11) is 0. The average molecular weight is 465 g/mol. The van der Waals surface area contributed by atoms with Crippen molar-refractivity contribution >= 4 is 18.0 Å². The van der Waals surface area contributed by atoms with Gasteiger partial charge in [-0.25, -0.2) is 4.79 Å². The fourth-order valence-electron chi connectivity index (χ4n) is 5.29. The van der Waals surface area contributed by atoms with Crippen molar-refractivity contribution in [1.82, 2.24) is 10.2 Å². The first-order valence-corrected chi connectivity index (χ1v) is 12.1. The van der Waals surface area contributed by atoms with E-state index in [4.69, 9.17) is 9.84 Å². The molecule has 34 heavy (non-hydrogen) atoms. The summed E-state index contributed by atoms with van der Waals surface area (Å²) < 4.78 is 5.64. The first kappa shape index (κ1) is 23.8. The van der Waals surface area contributed by atoms with Crippen LogP contribution in [0, 0.1) is 0 Å². The van der Waals surface area contributed by atoms with E-state index in [-0.39, 0.29) is 43.4 Å². The van der Waals surface area contributed by atoms with Crippen molar-refractivity contribution < 1.29 is 24.2 Å². The van der Waals surface area contributed by atoms with Gasteiger partial charge in [0.25, 0.3) is 0 Å². The number of fused-ring (bicyclic) bond motifs is 3. The van der Waals surface area contributed by atoms with Gasteiger partial charge in [0.05, 0.1) is 6.42 Å². The Kier molecular flexibility index (Phi) is 7.50. The van der Waals surface area contributed by atoms with E-state index < -0.39 is 12.1 Å². The highest BCUT2D eigenvalue weighted by molar-refractivity contribution is 5.80. The summed E-state index contributed by atoms with van der Waals surface area (Å²) >= 11 is 0. The second kappa shape index (κ2) is 10.7. The number of rotatable bonds is 9. The summed E-state index contributed by atoms with van der Waals surface area (Å²) in [6.45, 7) is 2.79. The van der Waals surface area contributed by atoms with Crippen molar-refractivity contribution in [2.45, 2.75) is 63.5 Å². The molecular weight excluding hydrogens is 432 g/mol. The molecule has 0 unspecified atom stereocenters. The number of nitrogens with one attached hydrogen (secondary N) is 1. The predicted molar refractivity (Wildman–Crippen MR) is 129 cm³/mol. The molecule has 4 rings (SSSR count). The topological polar surface area (TPSA) is 95.9 Å². The molecule has 7 nitrogen and oxygen atoms in total. The van der Waals surface area contributed by atoms with Crippen LogP contribution >= 0.6 is 0 Å². The maximum atomic E-state index is 12.9. The van der Waals surface area contributed by atoms with Crippen LogP contribution in [0.4, 0.5) is 4.79 Å². The Hall–Kier alpha value is -3.35. The van der Waals surface area contributed by atoms with Crippen molar-refractivity contribution in [2.75, 3.05) is 13.2 Å². The van der Waals surface area contributed by atoms with Crippen molar-refractivity contribution in [2.24, 2.45) is 0 Å². The summed E-state index contributed by atoms with van der Waals surface area (Å²) in [5.74, 6) is -1.03. The van der Waals surface area contributed by atoms with E-state index >= 15 is 0 Å². The van der Waals surface area contributed by atoms with E-state index in [1.807, 2.05) is 31.2 Å². The normalized spacial score (nSPS) is 17.7. The second-order valence-corrected chi connectivity index (χ2v) is 9.14. The van der Waals surface area contributed by atoms with Crippen LogP contribution in [0.5, 0.6) is 0 Å².